The number of imide groups is 1. The van der Waals surface area contributed by atoms with Crippen LogP contribution in [0, 0.1) is 5.82 Å². The Bertz CT molecular complexity index is 874. The summed E-state index contributed by atoms with van der Waals surface area (Å²) in [6.07, 6.45) is -0.247. The highest BCUT2D eigenvalue weighted by atomic mass is 32.1. The monoisotopic (exact) mass is 393 g/mol. The summed E-state index contributed by atoms with van der Waals surface area (Å²) in [6.45, 7) is 0.205. The van der Waals surface area contributed by atoms with Gasteiger partial charge >= 0.3 is 6.03 Å². The fraction of sp³-hybridized carbons (Fsp3) is 0.312. The van der Waals surface area contributed by atoms with Crippen LogP contribution in [-0.4, -0.2) is 46.1 Å². The second-order valence-corrected chi connectivity index (χ2v) is 6.80. The van der Waals surface area contributed by atoms with Crippen LogP contribution in [-0.2, 0) is 27.5 Å². The predicted molar refractivity (Wildman–Crippen MR) is 93.1 cm³/mol. The molecule has 9 nitrogen and oxygen atoms in total. The Kier molecular flexibility index (Phi) is 5.72. The van der Waals surface area contributed by atoms with Crippen molar-refractivity contribution in [3.63, 3.8) is 0 Å². The molecule has 1 aromatic carbocycles. The molecule has 11 heteroatoms. The van der Waals surface area contributed by atoms with Crippen LogP contribution in [0.3, 0.4) is 0 Å². The van der Waals surface area contributed by atoms with Crippen molar-refractivity contribution in [2.45, 2.75) is 25.6 Å². The quantitative estimate of drug-likeness (QED) is 0.685. The molecular formula is C16H16FN5O4S. The standard InChI is InChI=1S/C16H16FN5O4S/c1-26-8-13-20-21-15(27-13)19-12(23)6-11-14(24)22(16(25)18-11)7-9-3-2-4-10(17)5-9/h2-5,11H,6-8H2,1H3,(H,18,25)(H,19,21,23). The molecule has 0 radical (unpaired) electrons. The first-order valence-electron chi connectivity index (χ1n) is 7.93. The molecule has 0 bridgehead atoms. The van der Waals surface area contributed by atoms with Crippen LogP contribution in [0.1, 0.15) is 17.0 Å². The van der Waals surface area contributed by atoms with Crippen molar-refractivity contribution < 1.29 is 23.5 Å². The van der Waals surface area contributed by atoms with Crippen LogP contribution in [0.2, 0.25) is 0 Å². The Morgan fingerprint density at radius 3 is 2.96 bits per heavy atom. The number of urea groups is 1. The van der Waals surface area contributed by atoms with Crippen LogP contribution >= 0.6 is 11.3 Å². The molecule has 2 heterocycles. The molecule has 27 heavy (non-hydrogen) atoms. The molecule has 1 aliphatic rings. The molecule has 2 aromatic rings. The van der Waals surface area contributed by atoms with Gasteiger partial charge in [-0.05, 0) is 17.7 Å². The van der Waals surface area contributed by atoms with E-state index in [0.717, 1.165) is 16.2 Å². The number of nitrogens with one attached hydrogen (secondary N) is 2. The Hall–Kier alpha value is -2.92. The van der Waals surface area contributed by atoms with Gasteiger partial charge in [0.25, 0.3) is 5.91 Å². The van der Waals surface area contributed by atoms with Gasteiger partial charge in [0.1, 0.15) is 23.5 Å². The van der Waals surface area contributed by atoms with Crippen molar-refractivity contribution in [3.8, 4) is 0 Å². The van der Waals surface area contributed by atoms with Gasteiger partial charge in [-0.25, -0.2) is 9.18 Å². The van der Waals surface area contributed by atoms with Crippen LogP contribution < -0.4 is 10.6 Å². The molecule has 3 rings (SSSR count). The normalized spacial score (nSPS) is 16.5. The van der Waals surface area contributed by atoms with Crippen LogP contribution in [0.4, 0.5) is 14.3 Å². The molecule has 2 N–H and O–H groups in total. The number of amides is 4. The van der Waals surface area contributed by atoms with E-state index in [4.69, 9.17) is 4.74 Å². The number of carbonyl (C=O) groups is 3. The minimum atomic E-state index is -0.988. The first-order chi connectivity index (χ1) is 13.0. The molecule has 1 atom stereocenters. The molecule has 1 aliphatic heterocycles. The van der Waals surface area contributed by atoms with Gasteiger partial charge in [-0.1, -0.05) is 23.5 Å². The minimum Gasteiger partial charge on any atom is -0.377 e. The summed E-state index contributed by atoms with van der Waals surface area (Å²) < 4.78 is 18.2. The Labute approximate surface area is 157 Å². The van der Waals surface area contributed by atoms with Crippen LogP contribution in [0.25, 0.3) is 0 Å². The molecule has 0 aliphatic carbocycles. The summed E-state index contributed by atoms with van der Waals surface area (Å²) in [5.74, 6) is -1.49. The maximum atomic E-state index is 13.3. The number of ether oxygens (including phenoxy) is 1. The van der Waals surface area contributed by atoms with Crippen molar-refractivity contribution in [1.29, 1.82) is 0 Å². The van der Waals surface area contributed by atoms with Gasteiger partial charge < -0.3 is 15.4 Å². The van der Waals surface area contributed by atoms with Crippen molar-refractivity contribution in [3.05, 3.63) is 40.7 Å². The number of hydrogen-bond donors (Lipinski definition) is 2. The highest BCUT2D eigenvalue weighted by Gasteiger charge is 2.39. The number of halogens is 1. The molecule has 0 saturated carbocycles. The predicted octanol–water partition coefficient (Wildman–Crippen LogP) is 1.27. The number of methoxy groups -OCH3 is 1. The van der Waals surface area contributed by atoms with Gasteiger partial charge in [-0.3, -0.25) is 14.5 Å². The lowest BCUT2D eigenvalue weighted by Gasteiger charge is -2.13. The Balaban J connectivity index is 1.58. The van der Waals surface area contributed by atoms with Gasteiger partial charge in [0, 0.05) is 7.11 Å². The summed E-state index contributed by atoms with van der Waals surface area (Å²) in [7, 11) is 1.52. The van der Waals surface area contributed by atoms with Gasteiger partial charge in [0.15, 0.2) is 0 Å². The second-order valence-electron chi connectivity index (χ2n) is 5.74. The zero-order valence-corrected chi connectivity index (χ0v) is 15.1. The van der Waals surface area contributed by atoms with E-state index in [1.165, 1.54) is 25.3 Å². The van der Waals surface area contributed by atoms with E-state index in [0.29, 0.717) is 10.6 Å². The summed E-state index contributed by atoms with van der Waals surface area (Å²) in [6, 6.07) is 4.00. The lowest BCUT2D eigenvalue weighted by atomic mass is 10.1. The second kappa shape index (κ2) is 8.18. The van der Waals surface area contributed by atoms with Gasteiger partial charge in [-0.15, -0.1) is 10.2 Å². The van der Waals surface area contributed by atoms with Crippen LogP contribution in [0.15, 0.2) is 24.3 Å². The molecular weight excluding hydrogens is 377 g/mol. The SMILES string of the molecule is COCc1nnc(NC(=O)CC2NC(=O)N(Cc3cccc(F)c3)C2=O)s1. The van der Waals surface area contributed by atoms with E-state index in [9.17, 15) is 18.8 Å². The molecule has 142 valence electrons. The van der Waals surface area contributed by atoms with E-state index in [2.05, 4.69) is 20.8 Å². The third-order valence-electron chi connectivity index (χ3n) is 3.71. The molecule has 1 saturated heterocycles. The number of rotatable bonds is 7. The molecule has 1 fully saturated rings. The van der Waals surface area contributed by atoms with Crippen molar-refractivity contribution in [1.82, 2.24) is 20.4 Å². The summed E-state index contributed by atoms with van der Waals surface area (Å²) in [5.41, 5.74) is 0.475. The average Bonchev–Trinajstić information content (AvgIpc) is 3.15. The highest BCUT2D eigenvalue weighted by Crippen LogP contribution is 2.18. The molecule has 1 unspecified atom stereocenters. The highest BCUT2D eigenvalue weighted by molar-refractivity contribution is 7.15. The number of anilines is 1. The summed E-state index contributed by atoms with van der Waals surface area (Å²) >= 11 is 1.15. The third-order valence-corrected chi connectivity index (χ3v) is 4.52. The lowest BCUT2D eigenvalue weighted by molar-refractivity contribution is -0.130. The summed E-state index contributed by atoms with van der Waals surface area (Å²) in [4.78, 5) is 37.5. The Morgan fingerprint density at radius 1 is 1.41 bits per heavy atom. The fourth-order valence-corrected chi connectivity index (χ4v) is 3.25. The van der Waals surface area contributed by atoms with Gasteiger partial charge in [0.2, 0.25) is 11.0 Å². The van der Waals surface area contributed by atoms with E-state index >= 15 is 0 Å². The number of carbonyl (C=O) groups excluding carboxylic acids is 3. The first-order valence-corrected chi connectivity index (χ1v) is 8.75. The smallest absolute Gasteiger partial charge is 0.325 e. The van der Waals surface area contributed by atoms with E-state index in [1.807, 2.05) is 0 Å². The number of nitrogens with zero attached hydrogens (tertiary/aromatic N) is 3. The Morgan fingerprint density at radius 2 is 2.22 bits per heavy atom. The number of benzene rings is 1. The van der Waals surface area contributed by atoms with Crippen molar-refractivity contribution in [2.24, 2.45) is 0 Å². The van der Waals surface area contributed by atoms with E-state index < -0.39 is 29.7 Å². The van der Waals surface area contributed by atoms with Gasteiger partial charge in [-0.2, -0.15) is 0 Å². The topological polar surface area (TPSA) is 114 Å². The zero-order chi connectivity index (χ0) is 19.4. The third kappa shape index (κ3) is 4.63. The zero-order valence-electron chi connectivity index (χ0n) is 14.3. The largest absolute Gasteiger partial charge is 0.377 e. The van der Waals surface area contributed by atoms with Crippen molar-refractivity contribution in [2.75, 3.05) is 12.4 Å². The fourth-order valence-electron chi connectivity index (χ4n) is 2.52. The summed E-state index contributed by atoms with van der Waals surface area (Å²) in [5, 5.41) is 13.5. The molecule has 0 spiro atoms. The van der Waals surface area contributed by atoms with Crippen LogP contribution in [0.5, 0.6) is 0 Å². The lowest BCUT2D eigenvalue weighted by Crippen LogP contribution is -2.34. The maximum Gasteiger partial charge on any atom is 0.325 e. The number of hydrogen-bond acceptors (Lipinski definition) is 7. The molecule has 1 aromatic heterocycles. The van der Waals surface area contributed by atoms with Crippen molar-refractivity contribution >= 4 is 34.3 Å². The first kappa shape index (κ1) is 18.9. The molecule has 4 amide bonds. The minimum absolute atomic E-state index is 0.0721. The maximum absolute atomic E-state index is 13.3. The number of aromatic nitrogens is 2. The van der Waals surface area contributed by atoms with E-state index in [-0.39, 0.29) is 24.7 Å². The average molecular weight is 393 g/mol. The van der Waals surface area contributed by atoms with Gasteiger partial charge in [0.05, 0.1) is 13.0 Å². The van der Waals surface area contributed by atoms with E-state index in [1.54, 1.807) is 6.07 Å².